The van der Waals surface area contributed by atoms with Crippen LogP contribution in [-0.4, -0.2) is 25.7 Å². The molecule has 1 rings (SSSR count). The lowest BCUT2D eigenvalue weighted by Crippen LogP contribution is -2.26. The van der Waals surface area contributed by atoms with Crippen molar-refractivity contribution in [2.45, 2.75) is 32.7 Å². The topological polar surface area (TPSA) is 87.6 Å². The predicted octanol–water partition coefficient (Wildman–Crippen LogP) is 2.24. The number of carbonyl (C=O) groups is 1. The molecule has 0 heterocycles. The van der Waals surface area contributed by atoms with Gasteiger partial charge in [0.2, 0.25) is 5.91 Å². The molecule has 0 saturated carbocycles. The van der Waals surface area contributed by atoms with Gasteiger partial charge in [0.25, 0.3) is 0 Å². The average molecular weight is 359 g/mol. The number of hydrogen-bond donors (Lipinski definition) is 2. The first-order chi connectivity index (χ1) is 9.88. The van der Waals surface area contributed by atoms with Gasteiger partial charge in [0.15, 0.2) is 11.5 Å². The molecule has 4 N–H and O–H groups in total. The third kappa shape index (κ3) is 5.21. The summed E-state index contributed by atoms with van der Waals surface area (Å²) >= 11 is 3.48. The summed E-state index contributed by atoms with van der Waals surface area (Å²) in [5.74, 6) is 0.421. The zero-order chi connectivity index (χ0) is 16.0. The second-order valence-corrected chi connectivity index (χ2v) is 5.95. The summed E-state index contributed by atoms with van der Waals surface area (Å²) in [7, 11) is 1.58. The van der Waals surface area contributed by atoms with Crippen molar-refractivity contribution in [3.05, 3.63) is 22.2 Å². The van der Waals surface area contributed by atoms with Gasteiger partial charge in [-0.15, -0.1) is 0 Å². The molecule has 5 nitrogen and oxygen atoms in total. The van der Waals surface area contributed by atoms with E-state index in [2.05, 4.69) is 22.9 Å². The van der Waals surface area contributed by atoms with E-state index in [1.54, 1.807) is 14.0 Å². The second kappa shape index (κ2) is 8.24. The van der Waals surface area contributed by atoms with Crippen LogP contribution in [0.15, 0.2) is 16.6 Å². The molecule has 1 amide bonds. The summed E-state index contributed by atoms with van der Waals surface area (Å²) < 4.78 is 11.8. The van der Waals surface area contributed by atoms with Gasteiger partial charge >= 0.3 is 0 Å². The van der Waals surface area contributed by atoms with E-state index in [1.165, 1.54) is 0 Å². The van der Waals surface area contributed by atoms with E-state index >= 15 is 0 Å². The van der Waals surface area contributed by atoms with Crippen LogP contribution in [0.3, 0.4) is 0 Å². The van der Waals surface area contributed by atoms with Crippen LogP contribution in [0.2, 0.25) is 0 Å². The van der Waals surface area contributed by atoms with Crippen LogP contribution in [0, 0.1) is 5.92 Å². The summed E-state index contributed by atoms with van der Waals surface area (Å²) in [6.45, 7) is 3.98. The van der Waals surface area contributed by atoms with Crippen LogP contribution in [0.25, 0.3) is 0 Å². The van der Waals surface area contributed by atoms with E-state index in [0.29, 0.717) is 11.5 Å². The molecule has 21 heavy (non-hydrogen) atoms. The van der Waals surface area contributed by atoms with Gasteiger partial charge in [-0.3, -0.25) is 4.79 Å². The third-order valence-electron chi connectivity index (χ3n) is 3.27. The number of primary amides is 1. The van der Waals surface area contributed by atoms with Crippen LogP contribution in [0.1, 0.15) is 25.8 Å². The summed E-state index contributed by atoms with van der Waals surface area (Å²) in [6.07, 6.45) is 1.68. The van der Waals surface area contributed by atoms with E-state index < -0.39 is 5.91 Å². The van der Waals surface area contributed by atoms with Crippen molar-refractivity contribution in [3.8, 4) is 11.5 Å². The van der Waals surface area contributed by atoms with Gasteiger partial charge in [-0.05, 0) is 46.5 Å². The molecule has 0 aliphatic rings. The molecular formula is C15H23BrN2O3. The van der Waals surface area contributed by atoms with E-state index in [0.717, 1.165) is 22.9 Å². The maximum Gasteiger partial charge on any atom is 0.223 e. The number of methoxy groups -OCH3 is 1. The van der Waals surface area contributed by atoms with E-state index in [-0.39, 0.29) is 18.6 Å². The van der Waals surface area contributed by atoms with Gasteiger partial charge in [0.1, 0.15) is 0 Å². The monoisotopic (exact) mass is 358 g/mol. The first kappa shape index (κ1) is 17.8. The Kier molecular flexibility index (Phi) is 6.98. The predicted molar refractivity (Wildman–Crippen MR) is 86.5 cm³/mol. The van der Waals surface area contributed by atoms with Crippen molar-refractivity contribution in [1.29, 1.82) is 0 Å². The smallest absolute Gasteiger partial charge is 0.223 e. The van der Waals surface area contributed by atoms with Gasteiger partial charge in [-0.2, -0.15) is 0 Å². The van der Waals surface area contributed by atoms with Crippen molar-refractivity contribution >= 4 is 21.8 Å². The molecule has 0 spiro atoms. The molecule has 0 aliphatic heterocycles. The standard InChI is InChI=1S/C15H23BrN2O3/c1-4-11(17)5-10-6-12(16)14(13(7-10)20-3)21-8-9(2)15(18)19/h6-7,9,11H,4-5,8,17H2,1-3H3,(H2,18,19). The molecule has 0 radical (unpaired) electrons. The SMILES string of the molecule is CCC(N)Cc1cc(Br)c(OCC(C)C(N)=O)c(OC)c1. The summed E-state index contributed by atoms with van der Waals surface area (Å²) in [4.78, 5) is 11.1. The zero-order valence-corrected chi connectivity index (χ0v) is 14.3. The number of rotatable bonds is 8. The van der Waals surface area contributed by atoms with Crippen molar-refractivity contribution in [1.82, 2.24) is 0 Å². The molecule has 2 unspecified atom stereocenters. The lowest BCUT2D eigenvalue weighted by molar-refractivity contribution is -0.122. The Labute approximate surface area is 134 Å². The largest absolute Gasteiger partial charge is 0.493 e. The number of hydrogen-bond acceptors (Lipinski definition) is 4. The fraction of sp³-hybridized carbons (Fsp3) is 0.533. The highest BCUT2D eigenvalue weighted by molar-refractivity contribution is 9.10. The number of carbonyl (C=O) groups excluding carboxylic acids is 1. The third-order valence-corrected chi connectivity index (χ3v) is 3.86. The van der Waals surface area contributed by atoms with Gasteiger partial charge in [0, 0.05) is 6.04 Å². The molecule has 0 aromatic heterocycles. The number of halogens is 1. The van der Waals surface area contributed by atoms with Gasteiger partial charge in [-0.25, -0.2) is 0 Å². The summed E-state index contributed by atoms with van der Waals surface area (Å²) in [5.41, 5.74) is 12.3. The molecule has 0 aliphatic carbocycles. The Bertz CT molecular complexity index is 494. The van der Waals surface area contributed by atoms with Crippen molar-refractivity contribution in [2.24, 2.45) is 17.4 Å². The number of nitrogens with two attached hydrogens (primary N) is 2. The Morgan fingerprint density at radius 1 is 1.43 bits per heavy atom. The molecule has 1 aromatic rings. The molecule has 2 atom stereocenters. The molecule has 0 bridgehead atoms. The van der Waals surface area contributed by atoms with Gasteiger partial charge in [-0.1, -0.05) is 13.8 Å². The fourth-order valence-electron chi connectivity index (χ4n) is 1.77. The Hall–Kier alpha value is -1.27. The summed E-state index contributed by atoms with van der Waals surface area (Å²) in [5, 5.41) is 0. The molecule has 118 valence electrons. The lowest BCUT2D eigenvalue weighted by atomic mass is 10.0. The van der Waals surface area contributed by atoms with Crippen molar-refractivity contribution < 1.29 is 14.3 Å². The molecule has 1 aromatic carbocycles. The van der Waals surface area contributed by atoms with Crippen molar-refractivity contribution in [2.75, 3.05) is 13.7 Å². The zero-order valence-electron chi connectivity index (χ0n) is 12.7. The quantitative estimate of drug-likeness (QED) is 0.745. The first-order valence-electron chi connectivity index (χ1n) is 6.93. The minimum atomic E-state index is -0.393. The Morgan fingerprint density at radius 2 is 2.10 bits per heavy atom. The van der Waals surface area contributed by atoms with Gasteiger partial charge < -0.3 is 20.9 Å². The van der Waals surface area contributed by atoms with Gasteiger partial charge in [0.05, 0.1) is 24.1 Å². The Balaban J connectivity index is 2.92. The lowest BCUT2D eigenvalue weighted by Gasteiger charge is -2.17. The fourth-order valence-corrected chi connectivity index (χ4v) is 2.37. The number of amides is 1. The average Bonchev–Trinajstić information content (AvgIpc) is 2.44. The highest BCUT2D eigenvalue weighted by Crippen LogP contribution is 2.37. The second-order valence-electron chi connectivity index (χ2n) is 5.10. The van der Waals surface area contributed by atoms with E-state index in [4.69, 9.17) is 20.9 Å². The normalized spacial score (nSPS) is 13.6. The van der Waals surface area contributed by atoms with Crippen LogP contribution in [0.5, 0.6) is 11.5 Å². The highest BCUT2D eigenvalue weighted by Gasteiger charge is 2.16. The molecule has 0 saturated heterocycles. The van der Waals surface area contributed by atoms with Crippen LogP contribution in [-0.2, 0) is 11.2 Å². The highest BCUT2D eigenvalue weighted by atomic mass is 79.9. The Morgan fingerprint density at radius 3 is 2.62 bits per heavy atom. The van der Waals surface area contributed by atoms with Crippen molar-refractivity contribution in [3.63, 3.8) is 0 Å². The molecular weight excluding hydrogens is 336 g/mol. The van der Waals surface area contributed by atoms with E-state index in [9.17, 15) is 4.79 Å². The number of benzene rings is 1. The first-order valence-corrected chi connectivity index (χ1v) is 7.72. The molecule has 6 heteroatoms. The number of ether oxygens (including phenoxy) is 2. The van der Waals surface area contributed by atoms with E-state index in [1.807, 2.05) is 12.1 Å². The maximum absolute atomic E-state index is 11.1. The molecule has 0 fully saturated rings. The van der Waals surface area contributed by atoms with Crippen LogP contribution in [0.4, 0.5) is 0 Å². The summed E-state index contributed by atoms with van der Waals surface area (Å²) in [6, 6.07) is 3.98. The van der Waals surface area contributed by atoms with Crippen LogP contribution >= 0.6 is 15.9 Å². The minimum Gasteiger partial charge on any atom is -0.493 e. The maximum atomic E-state index is 11.1. The minimum absolute atomic E-state index is 0.114. The van der Waals surface area contributed by atoms with Crippen LogP contribution < -0.4 is 20.9 Å².